The number of carbonyl (C=O) groups excluding carboxylic acids is 6. The maximum Gasteiger partial charge on any atom is 0.265 e. The number of hydrogen-bond acceptors (Lipinski definition) is 15. The minimum Gasteiger partial charge on any atom is -0.495 e. The molecule has 6 rings (SSSR count). The number of amides is 6. The second-order valence-corrected chi connectivity index (χ2v) is 16.4. The zero-order valence-electron chi connectivity index (χ0n) is 39.4. The van der Waals surface area contributed by atoms with E-state index in [4.69, 9.17) is 28.7 Å². The van der Waals surface area contributed by atoms with Crippen LogP contribution >= 0.6 is 0 Å². The van der Waals surface area contributed by atoms with Crippen molar-refractivity contribution in [1.82, 2.24) is 30.8 Å². The number of benzene rings is 2. The smallest absolute Gasteiger partial charge is 0.265 e. The van der Waals surface area contributed by atoms with Gasteiger partial charge in [-0.3, -0.25) is 33.7 Å². The van der Waals surface area contributed by atoms with E-state index in [1.165, 1.54) is 19.2 Å². The van der Waals surface area contributed by atoms with Crippen LogP contribution in [-0.4, -0.2) is 142 Å². The fourth-order valence-corrected chi connectivity index (χ4v) is 8.09. The maximum absolute atomic E-state index is 13.3. The molecule has 366 valence electrons. The zero-order valence-corrected chi connectivity index (χ0v) is 39.4. The SMILES string of the molecule is C=C1NC(=O)CCC1N1C(=O)c2cccc(OCC(=O)NCCCOCCOCCOCCCNC(=O)c3ccc(Nc4ncc5c(n4)N(CCCCC)[C@H](CC)C(=O)N5C)c(OC)c3)c2C1=O. The second-order valence-electron chi connectivity index (χ2n) is 16.4. The Balaban J connectivity index is 0.797. The minimum atomic E-state index is -0.663. The van der Waals surface area contributed by atoms with Crippen LogP contribution in [0.3, 0.4) is 0 Å². The molecular formula is C48H63N9O11. The van der Waals surface area contributed by atoms with Crippen molar-refractivity contribution in [2.45, 2.75) is 77.3 Å². The number of anilines is 4. The number of nitrogens with one attached hydrogen (secondary N) is 4. The number of unbranched alkanes of at least 4 members (excludes halogenated alkanes) is 2. The third-order valence-corrected chi connectivity index (χ3v) is 11.7. The van der Waals surface area contributed by atoms with Gasteiger partial charge in [-0.2, -0.15) is 4.98 Å². The normalized spacial score (nSPS) is 16.6. The highest BCUT2D eigenvalue weighted by atomic mass is 16.5. The maximum atomic E-state index is 13.3. The molecule has 68 heavy (non-hydrogen) atoms. The fourth-order valence-electron chi connectivity index (χ4n) is 8.09. The lowest BCUT2D eigenvalue weighted by Crippen LogP contribution is -2.52. The number of likely N-dealkylation sites (N-methyl/N-ethyl adjacent to an activating group) is 1. The van der Waals surface area contributed by atoms with E-state index in [1.54, 1.807) is 42.4 Å². The van der Waals surface area contributed by atoms with Gasteiger partial charge in [-0.25, -0.2) is 4.98 Å². The Morgan fingerprint density at radius 1 is 0.882 bits per heavy atom. The summed E-state index contributed by atoms with van der Waals surface area (Å²) in [5.74, 6) is -0.268. The standard InChI is InChI=1S/C48H63N9O11/c1-6-8-9-21-56-35(7-2)46(62)55(4)37-29-51-48(54-43(37)56)53-34-16-15-32(28-39(34)64-5)44(60)50-20-12-23-66-25-27-67-26-24-65-22-11-19-49-41(59)30-68-38-14-10-13-33-42(38)47(63)57(45(33)61)36-17-18-40(58)52-31(36)3/h10,13-16,28-29,35-36H,3,6-9,11-12,17-27,30H2,1-2,4-5H3,(H,49,59)(H,50,60)(H,52,58)(H,51,53,54)/t35-,36?/m1/s1. The molecule has 20 nitrogen and oxygen atoms in total. The highest BCUT2D eigenvalue weighted by molar-refractivity contribution is 6.23. The Labute approximate surface area is 396 Å². The van der Waals surface area contributed by atoms with Crippen LogP contribution in [0.2, 0.25) is 0 Å². The lowest BCUT2D eigenvalue weighted by atomic mass is 10.0. The largest absolute Gasteiger partial charge is 0.495 e. The second kappa shape index (κ2) is 24.9. The summed E-state index contributed by atoms with van der Waals surface area (Å²) in [6.07, 6.45) is 7.00. The van der Waals surface area contributed by atoms with E-state index in [1.807, 2.05) is 6.92 Å². The average molecular weight is 942 g/mol. The van der Waals surface area contributed by atoms with Crippen LogP contribution in [0.25, 0.3) is 0 Å². The molecule has 3 aliphatic rings. The highest BCUT2D eigenvalue weighted by Gasteiger charge is 2.44. The molecule has 3 aliphatic heterocycles. The molecule has 20 heteroatoms. The summed E-state index contributed by atoms with van der Waals surface area (Å²) in [5.41, 5.74) is 2.22. The van der Waals surface area contributed by atoms with E-state index in [9.17, 15) is 28.8 Å². The predicted octanol–water partition coefficient (Wildman–Crippen LogP) is 4.12. The Morgan fingerprint density at radius 3 is 2.29 bits per heavy atom. The Kier molecular flexibility index (Phi) is 18.6. The molecule has 1 unspecified atom stereocenters. The molecule has 0 bridgehead atoms. The van der Waals surface area contributed by atoms with E-state index < -0.39 is 23.8 Å². The lowest BCUT2D eigenvalue weighted by molar-refractivity contribution is -0.123. The third-order valence-electron chi connectivity index (χ3n) is 11.7. The van der Waals surface area contributed by atoms with Crippen LogP contribution in [0, 0.1) is 0 Å². The number of ether oxygens (including phenoxy) is 5. The van der Waals surface area contributed by atoms with Crippen LogP contribution in [0.1, 0.15) is 96.3 Å². The van der Waals surface area contributed by atoms with Gasteiger partial charge in [-0.15, -0.1) is 0 Å². The van der Waals surface area contributed by atoms with E-state index in [2.05, 4.69) is 44.7 Å². The molecule has 0 spiro atoms. The number of nitrogens with zero attached hydrogens (tertiary/aromatic N) is 5. The first-order chi connectivity index (χ1) is 33.0. The first-order valence-electron chi connectivity index (χ1n) is 23.2. The summed E-state index contributed by atoms with van der Waals surface area (Å²) in [5, 5.41) is 11.5. The van der Waals surface area contributed by atoms with Crippen molar-refractivity contribution in [3.8, 4) is 11.5 Å². The van der Waals surface area contributed by atoms with Gasteiger partial charge in [0, 0.05) is 57.6 Å². The van der Waals surface area contributed by atoms with Gasteiger partial charge < -0.3 is 54.8 Å². The molecule has 2 aromatic carbocycles. The predicted molar refractivity (Wildman–Crippen MR) is 252 cm³/mol. The number of fused-ring (bicyclic) bond motifs is 2. The molecule has 1 saturated heterocycles. The van der Waals surface area contributed by atoms with Crippen LogP contribution < -0.4 is 40.5 Å². The van der Waals surface area contributed by atoms with Crippen molar-refractivity contribution in [2.24, 2.45) is 0 Å². The van der Waals surface area contributed by atoms with E-state index >= 15 is 0 Å². The van der Waals surface area contributed by atoms with Gasteiger partial charge in [0.05, 0.1) is 62.6 Å². The number of piperidine rings is 1. The zero-order chi connectivity index (χ0) is 48.6. The van der Waals surface area contributed by atoms with E-state index in [0.29, 0.717) is 106 Å². The summed E-state index contributed by atoms with van der Waals surface area (Å²) in [4.78, 5) is 90.8. The van der Waals surface area contributed by atoms with Crippen LogP contribution in [0.4, 0.5) is 23.1 Å². The topological polar surface area (TPSA) is 232 Å². The molecule has 0 saturated carbocycles. The van der Waals surface area contributed by atoms with Crippen molar-refractivity contribution in [2.75, 3.05) is 95.2 Å². The number of rotatable bonds is 27. The average Bonchev–Trinajstić information content (AvgIpc) is 3.59. The summed E-state index contributed by atoms with van der Waals surface area (Å²) < 4.78 is 28.1. The van der Waals surface area contributed by atoms with Crippen molar-refractivity contribution in [3.63, 3.8) is 0 Å². The van der Waals surface area contributed by atoms with Crippen LogP contribution in [-0.2, 0) is 28.6 Å². The van der Waals surface area contributed by atoms with Crippen molar-refractivity contribution in [3.05, 3.63) is 71.6 Å². The van der Waals surface area contributed by atoms with Gasteiger partial charge in [0.25, 0.3) is 23.6 Å². The number of aromatic nitrogens is 2. The molecule has 0 radical (unpaired) electrons. The van der Waals surface area contributed by atoms with Gasteiger partial charge in [-0.1, -0.05) is 39.3 Å². The molecular weight excluding hydrogens is 879 g/mol. The van der Waals surface area contributed by atoms with E-state index in [0.717, 1.165) is 30.7 Å². The van der Waals surface area contributed by atoms with Crippen LogP contribution in [0.15, 0.2) is 54.9 Å². The first kappa shape index (κ1) is 50.8. The van der Waals surface area contributed by atoms with Gasteiger partial charge in [-0.05, 0) is 62.4 Å². The summed E-state index contributed by atoms with van der Waals surface area (Å²) in [6, 6.07) is 8.79. The number of methoxy groups -OCH3 is 1. The molecule has 2 atom stereocenters. The van der Waals surface area contributed by atoms with Crippen LogP contribution in [0.5, 0.6) is 11.5 Å². The summed E-state index contributed by atoms with van der Waals surface area (Å²) >= 11 is 0. The van der Waals surface area contributed by atoms with Crippen molar-refractivity contribution >= 4 is 58.6 Å². The number of hydrogen-bond donors (Lipinski definition) is 4. The fraction of sp³-hybridized carbons (Fsp3) is 0.500. The summed E-state index contributed by atoms with van der Waals surface area (Å²) in [7, 11) is 3.28. The Morgan fingerprint density at radius 2 is 1.60 bits per heavy atom. The van der Waals surface area contributed by atoms with E-state index in [-0.39, 0.29) is 65.8 Å². The molecule has 1 aromatic heterocycles. The van der Waals surface area contributed by atoms with Gasteiger partial charge in [0.15, 0.2) is 12.4 Å². The van der Waals surface area contributed by atoms with Crippen molar-refractivity contribution in [1.29, 1.82) is 0 Å². The Bertz CT molecular complexity index is 2310. The molecule has 3 aromatic rings. The molecule has 4 heterocycles. The van der Waals surface area contributed by atoms with Gasteiger partial charge in [0.1, 0.15) is 23.2 Å². The van der Waals surface area contributed by atoms with Gasteiger partial charge in [0.2, 0.25) is 17.8 Å². The summed E-state index contributed by atoms with van der Waals surface area (Å²) in [6.45, 7) is 11.4. The first-order valence-corrected chi connectivity index (χ1v) is 23.2. The Hall–Kier alpha value is -6.64. The highest BCUT2D eigenvalue weighted by Crippen LogP contribution is 2.37. The molecule has 4 N–H and O–H groups in total. The molecule has 6 amide bonds. The molecule has 1 fully saturated rings. The quantitative estimate of drug-likeness (QED) is 0.0622. The molecule has 0 aliphatic carbocycles. The minimum absolute atomic E-state index is 0.0303. The lowest BCUT2D eigenvalue weighted by Gasteiger charge is -2.40. The van der Waals surface area contributed by atoms with Gasteiger partial charge >= 0.3 is 0 Å². The monoisotopic (exact) mass is 941 g/mol. The number of imide groups is 1. The van der Waals surface area contributed by atoms with Crippen molar-refractivity contribution < 1.29 is 52.5 Å². The number of carbonyl (C=O) groups is 6. The third kappa shape index (κ3) is 12.7.